The summed E-state index contributed by atoms with van der Waals surface area (Å²) in [5.41, 5.74) is 0.681. The second-order valence-electron chi connectivity index (χ2n) is 7.85. The number of fused-ring (bicyclic) bond motifs is 1. The number of phenolic OH excluding ortho intramolecular Hbond substituents is 1. The summed E-state index contributed by atoms with van der Waals surface area (Å²) in [6.07, 6.45) is -3.08. The fourth-order valence-corrected chi connectivity index (χ4v) is 6.28. The predicted molar refractivity (Wildman–Crippen MR) is 125 cm³/mol. The first-order chi connectivity index (χ1) is 16.4. The van der Waals surface area contributed by atoms with Gasteiger partial charge in [-0.25, -0.2) is 8.42 Å². The Morgan fingerprint density at radius 1 is 1.11 bits per heavy atom. The van der Waals surface area contributed by atoms with Crippen LogP contribution in [0.5, 0.6) is 5.75 Å². The Bertz CT molecular complexity index is 1510. The van der Waals surface area contributed by atoms with Crippen molar-refractivity contribution in [1.29, 1.82) is 0 Å². The average Bonchev–Trinajstić information content (AvgIpc) is 3.39. The maximum atomic E-state index is 12.9. The lowest BCUT2D eigenvalue weighted by Gasteiger charge is -2.14. The third-order valence-corrected chi connectivity index (χ3v) is 8.53. The molecule has 0 aliphatic heterocycles. The summed E-state index contributed by atoms with van der Waals surface area (Å²) in [7, 11) is -2.54. The van der Waals surface area contributed by atoms with Crippen molar-refractivity contribution in [3.05, 3.63) is 71.9 Å². The van der Waals surface area contributed by atoms with Crippen molar-refractivity contribution in [2.24, 2.45) is 7.05 Å². The number of carboxylic acids is 1. The van der Waals surface area contributed by atoms with E-state index in [1.165, 1.54) is 30.3 Å². The molecule has 0 aliphatic carbocycles. The van der Waals surface area contributed by atoms with E-state index in [0.717, 1.165) is 23.5 Å². The van der Waals surface area contributed by atoms with Crippen LogP contribution in [0.25, 0.3) is 21.3 Å². The summed E-state index contributed by atoms with van der Waals surface area (Å²) in [5.74, 6) is -1.45. The predicted octanol–water partition coefficient (Wildman–Crippen LogP) is 4.61. The number of rotatable bonds is 7. The number of nitrogens with zero attached hydrogens (tertiary/aromatic N) is 1. The topological polar surface area (TPSA) is 109 Å². The zero-order valence-corrected chi connectivity index (χ0v) is 19.7. The van der Waals surface area contributed by atoms with Crippen LogP contribution in [0.4, 0.5) is 13.2 Å². The number of aliphatic carboxylic acids is 1. The quantitative estimate of drug-likeness (QED) is 0.327. The van der Waals surface area contributed by atoms with Gasteiger partial charge in [-0.1, -0.05) is 18.2 Å². The Labute approximate surface area is 202 Å². The SMILES string of the molecule is Cn1cc(CC(NS(=O)(=O)c2ccc(-c3ccc(C(F)(F)F)cc3)s2)C(=O)O)c2c(O)cccc21. The number of aryl methyl sites for hydroxylation is 1. The first-order valence-electron chi connectivity index (χ1n) is 10.2. The van der Waals surface area contributed by atoms with E-state index in [-0.39, 0.29) is 16.4 Å². The van der Waals surface area contributed by atoms with E-state index in [2.05, 4.69) is 4.72 Å². The second-order valence-corrected chi connectivity index (χ2v) is 10.9. The molecular formula is C23H19F3N2O5S2. The highest BCUT2D eigenvalue weighted by atomic mass is 32.2. The third-order valence-electron chi connectivity index (χ3n) is 5.43. The zero-order valence-electron chi connectivity index (χ0n) is 18.1. The van der Waals surface area contributed by atoms with Gasteiger partial charge in [-0.3, -0.25) is 4.79 Å². The van der Waals surface area contributed by atoms with Crippen molar-refractivity contribution in [1.82, 2.24) is 9.29 Å². The highest BCUT2D eigenvalue weighted by molar-refractivity contribution is 7.91. The van der Waals surface area contributed by atoms with Crippen LogP contribution in [0.15, 0.2) is 65.0 Å². The molecule has 3 N–H and O–H groups in total. The van der Waals surface area contributed by atoms with Gasteiger partial charge in [0.1, 0.15) is 16.0 Å². The molecule has 2 aromatic heterocycles. The lowest BCUT2D eigenvalue weighted by molar-refractivity contribution is -0.139. The Morgan fingerprint density at radius 3 is 2.43 bits per heavy atom. The van der Waals surface area contributed by atoms with Crippen molar-refractivity contribution >= 4 is 38.2 Å². The number of hydrogen-bond donors (Lipinski definition) is 3. The Balaban J connectivity index is 1.58. The summed E-state index contributed by atoms with van der Waals surface area (Å²) in [5, 5.41) is 20.4. The number of hydrogen-bond acceptors (Lipinski definition) is 5. The Morgan fingerprint density at radius 2 is 1.80 bits per heavy atom. The van der Waals surface area contributed by atoms with Gasteiger partial charge in [0.15, 0.2) is 0 Å². The molecule has 7 nitrogen and oxygen atoms in total. The van der Waals surface area contributed by atoms with Crippen LogP contribution in [-0.2, 0) is 34.5 Å². The first-order valence-corrected chi connectivity index (χ1v) is 12.5. The highest BCUT2D eigenvalue weighted by Crippen LogP contribution is 2.35. The lowest BCUT2D eigenvalue weighted by Crippen LogP contribution is -2.42. The largest absolute Gasteiger partial charge is 0.507 e. The van der Waals surface area contributed by atoms with Gasteiger partial charge in [0.2, 0.25) is 0 Å². The maximum absolute atomic E-state index is 12.9. The van der Waals surface area contributed by atoms with Crippen molar-refractivity contribution in [3.8, 4) is 16.2 Å². The molecule has 4 rings (SSSR count). The van der Waals surface area contributed by atoms with Crippen molar-refractivity contribution in [3.63, 3.8) is 0 Å². The van der Waals surface area contributed by atoms with Crippen LogP contribution >= 0.6 is 11.3 Å². The number of thiophene rings is 1. The smallest absolute Gasteiger partial charge is 0.416 e. The van der Waals surface area contributed by atoms with Crippen molar-refractivity contribution in [2.75, 3.05) is 0 Å². The first kappa shape index (κ1) is 24.8. The van der Waals surface area contributed by atoms with Crippen LogP contribution in [0.3, 0.4) is 0 Å². The number of carbonyl (C=O) groups is 1. The normalized spacial score (nSPS) is 13.3. The summed E-state index contributed by atoms with van der Waals surface area (Å²) in [6.45, 7) is 0. The van der Waals surface area contributed by atoms with Gasteiger partial charge in [-0.05, 0) is 47.5 Å². The van der Waals surface area contributed by atoms with E-state index in [4.69, 9.17) is 0 Å². The minimum absolute atomic E-state index is 0.0514. The van der Waals surface area contributed by atoms with Gasteiger partial charge in [0, 0.05) is 29.9 Å². The fraction of sp³-hybridized carbons (Fsp3) is 0.174. The number of nitrogens with one attached hydrogen (secondary N) is 1. The van der Waals surface area contributed by atoms with Crippen LogP contribution < -0.4 is 4.72 Å². The maximum Gasteiger partial charge on any atom is 0.416 e. The summed E-state index contributed by atoms with van der Waals surface area (Å²) < 4.78 is 67.9. The molecule has 0 saturated heterocycles. The van der Waals surface area contributed by atoms with E-state index >= 15 is 0 Å². The lowest BCUT2D eigenvalue weighted by atomic mass is 10.1. The molecule has 0 aliphatic rings. The van der Waals surface area contributed by atoms with Gasteiger partial charge in [0.25, 0.3) is 10.0 Å². The molecule has 4 aromatic rings. The average molecular weight is 525 g/mol. The molecule has 12 heteroatoms. The van der Waals surface area contributed by atoms with Crippen LogP contribution in [-0.4, -0.2) is 35.2 Å². The number of benzene rings is 2. The van der Waals surface area contributed by atoms with Crippen LogP contribution in [0.2, 0.25) is 0 Å². The zero-order chi connectivity index (χ0) is 25.5. The number of aromatic nitrogens is 1. The number of carboxylic acid groups (broad SMARTS) is 1. The van der Waals surface area contributed by atoms with Gasteiger partial charge < -0.3 is 14.8 Å². The Hall–Kier alpha value is -3.35. The van der Waals surface area contributed by atoms with Gasteiger partial charge >= 0.3 is 12.1 Å². The van der Waals surface area contributed by atoms with Gasteiger partial charge in [-0.2, -0.15) is 17.9 Å². The Kier molecular flexibility index (Phi) is 6.38. The molecular weight excluding hydrogens is 505 g/mol. The number of halogens is 3. The molecule has 2 heterocycles. The molecule has 0 fully saturated rings. The van der Waals surface area contributed by atoms with Crippen molar-refractivity contribution < 1.29 is 36.6 Å². The van der Waals surface area contributed by atoms with E-state index in [1.54, 1.807) is 29.9 Å². The monoisotopic (exact) mass is 524 g/mol. The molecule has 2 aromatic carbocycles. The van der Waals surface area contributed by atoms with Crippen LogP contribution in [0.1, 0.15) is 11.1 Å². The molecule has 0 bridgehead atoms. The second kappa shape index (κ2) is 9.02. The molecule has 1 atom stereocenters. The third kappa shape index (κ3) is 5.04. The van der Waals surface area contributed by atoms with Gasteiger partial charge in [-0.15, -0.1) is 11.3 Å². The summed E-state index contributed by atoms with van der Waals surface area (Å²) in [6, 6.07) is 10.3. The molecule has 0 amide bonds. The van der Waals surface area contributed by atoms with E-state index in [0.29, 0.717) is 26.9 Å². The molecule has 0 saturated carbocycles. The minimum atomic E-state index is -4.49. The molecule has 184 valence electrons. The standard InChI is InChI=1S/C23H19F3N2O5S2/c1-28-12-14(21-17(28)3-2-4-18(21)29)11-16(22(30)31)27-35(32,33)20-10-9-19(34-20)13-5-7-15(8-6-13)23(24,25)26/h2-10,12,16,27,29H,11H2,1H3,(H,30,31). The molecule has 0 spiro atoms. The number of alkyl halides is 3. The van der Waals surface area contributed by atoms with E-state index in [1.807, 2.05) is 0 Å². The number of sulfonamides is 1. The van der Waals surface area contributed by atoms with Gasteiger partial charge in [0.05, 0.1) is 11.1 Å². The molecule has 1 unspecified atom stereocenters. The number of aromatic hydroxyl groups is 1. The van der Waals surface area contributed by atoms with Crippen molar-refractivity contribution in [2.45, 2.75) is 22.8 Å². The van der Waals surface area contributed by atoms with Crippen LogP contribution in [0, 0.1) is 0 Å². The highest BCUT2D eigenvalue weighted by Gasteiger charge is 2.31. The van der Waals surface area contributed by atoms with E-state index < -0.39 is 33.8 Å². The summed E-state index contributed by atoms with van der Waals surface area (Å²) >= 11 is 0.807. The summed E-state index contributed by atoms with van der Waals surface area (Å²) in [4.78, 5) is 12.3. The molecule has 35 heavy (non-hydrogen) atoms. The molecule has 0 radical (unpaired) electrons. The minimum Gasteiger partial charge on any atom is -0.507 e. The fourth-order valence-electron chi connectivity index (χ4n) is 3.76. The number of phenols is 1. The van der Waals surface area contributed by atoms with E-state index in [9.17, 15) is 36.6 Å².